The molecule has 0 atom stereocenters. The number of hydrogen-bond acceptors (Lipinski definition) is 2. The molecule has 0 unspecified atom stereocenters. The monoisotopic (exact) mass is 199 g/mol. The van der Waals surface area contributed by atoms with Crippen LogP contribution in [0.15, 0.2) is 43.0 Å². The average molecular weight is 199 g/mol. The van der Waals surface area contributed by atoms with Crippen molar-refractivity contribution in [2.24, 2.45) is 0 Å². The largest absolute Gasteiger partial charge is 0.244 e. The van der Waals surface area contributed by atoms with Gasteiger partial charge < -0.3 is 0 Å². The molecule has 74 valence electrons. The van der Waals surface area contributed by atoms with E-state index in [9.17, 15) is 0 Å². The Morgan fingerprint density at radius 2 is 1.93 bits per heavy atom. The van der Waals surface area contributed by atoms with Gasteiger partial charge in [0.25, 0.3) is 0 Å². The fourth-order valence-electron chi connectivity index (χ4n) is 1.11. The van der Waals surface area contributed by atoms with E-state index in [1.165, 1.54) is 12.2 Å². The highest BCUT2D eigenvalue weighted by Gasteiger charge is 1.98. The van der Waals surface area contributed by atoms with Gasteiger partial charge in [-0.05, 0) is 12.2 Å². The maximum Gasteiger partial charge on any atom is 0.244 e. The minimum atomic E-state index is 0.683. The molecule has 0 aliphatic carbocycles. The molecule has 0 N–H and O–H groups in total. The van der Waals surface area contributed by atoms with Gasteiger partial charge in [0.05, 0.1) is 12.1 Å². The van der Waals surface area contributed by atoms with Crippen molar-refractivity contribution in [3.8, 4) is 12.1 Å². The molecular formula is C11H11N4+. The van der Waals surface area contributed by atoms with Crippen LogP contribution >= 0.6 is 0 Å². The molecule has 0 fully saturated rings. The number of hydrogen-bond donors (Lipinski definition) is 0. The molecule has 0 saturated heterocycles. The van der Waals surface area contributed by atoms with E-state index >= 15 is 0 Å². The van der Waals surface area contributed by atoms with Crippen LogP contribution in [0, 0.1) is 22.7 Å². The van der Waals surface area contributed by atoms with Crippen LogP contribution in [-0.4, -0.2) is 4.57 Å². The lowest BCUT2D eigenvalue weighted by Crippen LogP contribution is -2.29. The third-order valence-corrected chi connectivity index (χ3v) is 1.76. The first-order valence-corrected chi connectivity index (χ1v) is 4.51. The van der Waals surface area contributed by atoms with Gasteiger partial charge in [0, 0.05) is 12.2 Å². The van der Waals surface area contributed by atoms with Gasteiger partial charge in [-0.3, -0.25) is 0 Å². The molecule has 0 spiro atoms. The van der Waals surface area contributed by atoms with Gasteiger partial charge >= 0.3 is 0 Å². The van der Waals surface area contributed by atoms with Crippen LogP contribution in [0.2, 0.25) is 0 Å². The minimum Gasteiger partial charge on any atom is -0.233 e. The van der Waals surface area contributed by atoms with Crippen LogP contribution in [0.1, 0.15) is 0 Å². The van der Waals surface area contributed by atoms with Gasteiger partial charge in [-0.25, -0.2) is 9.13 Å². The average Bonchev–Trinajstić information content (AvgIpc) is 2.67. The van der Waals surface area contributed by atoms with Crippen LogP contribution in [0.3, 0.4) is 0 Å². The van der Waals surface area contributed by atoms with Crippen LogP contribution in [-0.2, 0) is 13.1 Å². The summed E-state index contributed by atoms with van der Waals surface area (Å²) in [7, 11) is 0. The third kappa shape index (κ3) is 3.93. The van der Waals surface area contributed by atoms with Crippen LogP contribution in [0.4, 0.5) is 0 Å². The minimum absolute atomic E-state index is 0.683. The fraction of sp³-hybridized carbons (Fsp3) is 0.182. The highest BCUT2D eigenvalue weighted by Crippen LogP contribution is 1.86. The molecule has 0 amide bonds. The molecule has 1 aromatic heterocycles. The molecule has 15 heavy (non-hydrogen) atoms. The Bertz CT molecular complexity index is 399. The zero-order chi connectivity index (χ0) is 10.9. The van der Waals surface area contributed by atoms with Crippen molar-refractivity contribution in [2.75, 3.05) is 0 Å². The first kappa shape index (κ1) is 10.7. The van der Waals surface area contributed by atoms with Crippen LogP contribution in [0.5, 0.6) is 0 Å². The second-order valence-electron chi connectivity index (χ2n) is 2.87. The van der Waals surface area contributed by atoms with E-state index in [4.69, 9.17) is 10.5 Å². The van der Waals surface area contributed by atoms with Gasteiger partial charge in [-0.1, -0.05) is 0 Å². The summed E-state index contributed by atoms with van der Waals surface area (Å²) in [6.45, 7) is 1.37. The van der Waals surface area contributed by atoms with E-state index in [2.05, 4.69) is 0 Å². The van der Waals surface area contributed by atoms with Crippen molar-refractivity contribution in [3.63, 3.8) is 0 Å². The highest BCUT2D eigenvalue weighted by molar-refractivity contribution is 5.01. The summed E-state index contributed by atoms with van der Waals surface area (Å²) < 4.78 is 3.90. The number of nitrogens with zero attached hydrogens (tertiary/aromatic N) is 4. The van der Waals surface area contributed by atoms with Gasteiger partial charge in [0.15, 0.2) is 0 Å². The van der Waals surface area contributed by atoms with Crippen LogP contribution in [0.25, 0.3) is 0 Å². The van der Waals surface area contributed by atoms with E-state index in [1.54, 1.807) is 12.2 Å². The number of nitriles is 2. The first-order chi connectivity index (χ1) is 7.36. The molecule has 0 aromatic carbocycles. The van der Waals surface area contributed by atoms with Crippen molar-refractivity contribution >= 4 is 0 Å². The lowest BCUT2D eigenvalue weighted by Gasteiger charge is -1.87. The highest BCUT2D eigenvalue weighted by atomic mass is 15.1. The second kappa shape index (κ2) is 6.17. The zero-order valence-corrected chi connectivity index (χ0v) is 8.24. The SMILES string of the molecule is N#CC=CCn1cc[n+](CC=CC#N)c1. The Balaban J connectivity index is 2.50. The predicted octanol–water partition coefficient (Wildman–Crippen LogP) is 0.935. The maximum atomic E-state index is 8.30. The Labute approximate surface area is 88.6 Å². The zero-order valence-electron chi connectivity index (χ0n) is 8.24. The lowest BCUT2D eigenvalue weighted by atomic mass is 10.5. The van der Waals surface area contributed by atoms with Crippen molar-refractivity contribution in [3.05, 3.63) is 43.0 Å². The van der Waals surface area contributed by atoms with Gasteiger partial charge in [0.1, 0.15) is 25.5 Å². The Morgan fingerprint density at radius 1 is 1.20 bits per heavy atom. The number of allylic oxidation sites excluding steroid dienone is 4. The van der Waals surface area contributed by atoms with Gasteiger partial charge in [-0.2, -0.15) is 10.5 Å². The summed E-state index contributed by atoms with van der Waals surface area (Å²) in [5.74, 6) is 0. The quantitative estimate of drug-likeness (QED) is 0.535. The molecule has 0 radical (unpaired) electrons. The number of aromatic nitrogens is 2. The summed E-state index contributed by atoms with van der Waals surface area (Å²) in [5, 5.41) is 16.6. The Morgan fingerprint density at radius 3 is 2.67 bits per heavy atom. The van der Waals surface area contributed by atoms with Crippen molar-refractivity contribution in [1.29, 1.82) is 10.5 Å². The molecule has 1 aromatic rings. The molecule has 0 bridgehead atoms. The van der Waals surface area contributed by atoms with E-state index in [-0.39, 0.29) is 0 Å². The van der Waals surface area contributed by atoms with Crippen molar-refractivity contribution in [1.82, 2.24) is 4.57 Å². The van der Waals surface area contributed by atoms with Crippen molar-refractivity contribution < 1.29 is 4.57 Å². The third-order valence-electron chi connectivity index (χ3n) is 1.76. The second-order valence-corrected chi connectivity index (χ2v) is 2.87. The summed E-state index contributed by atoms with van der Waals surface area (Å²) in [6.07, 6.45) is 12.2. The molecule has 1 heterocycles. The van der Waals surface area contributed by atoms with E-state index in [0.29, 0.717) is 13.1 Å². The molecule has 0 aliphatic heterocycles. The molecular weight excluding hydrogens is 188 g/mol. The number of imidazole rings is 1. The standard InChI is InChI=1S/C11H11N4/c12-5-1-3-7-14-9-10-15(11-14)8-4-2-6-13/h1-4,9-11H,7-8H2/q+1. The molecule has 0 aliphatic rings. The topological polar surface area (TPSA) is 56.4 Å². The van der Waals surface area contributed by atoms with E-state index < -0.39 is 0 Å². The summed E-state index contributed by atoms with van der Waals surface area (Å²) in [5.41, 5.74) is 0. The van der Waals surface area contributed by atoms with E-state index in [1.807, 2.05) is 40.0 Å². The summed E-state index contributed by atoms with van der Waals surface area (Å²) in [6, 6.07) is 3.88. The summed E-state index contributed by atoms with van der Waals surface area (Å²) >= 11 is 0. The van der Waals surface area contributed by atoms with Gasteiger partial charge in [-0.15, -0.1) is 0 Å². The maximum absolute atomic E-state index is 8.30. The predicted molar refractivity (Wildman–Crippen MR) is 54.1 cm³/mol. The van der Waals surface area contributed by atoms with E-state index in [0.717, 1.165) is 0 Å². The molecule has 1 rings (SSSR count). The fourth-order valence-corrected chi connectivity index (χ4v) is 1.11. The lowest BCUT2D eigenvalue weighted by molar-refractivity contribution is -0.686. The summed E-state index contributed by atoms with van der Waals surface area (Å²) in [4.78, 5) is 0. The first-order valence-electron chi connectivity index (χ1n) is 4.51. The smallest absolute Gasteiger partial charge is 0.233 e. The number of rotatable bonds is 4. The molecule has 4 nitrogen and oxygen atoms in total. The molecule has 4 heteroatoms. The molecule has 0 saturated carbocycles. The van der Waals surface area contributed by atoms with Gasteiger partial charge in [0.2, 0.25) is 6.33 Å². The Kier molecular flexibility index (Phi) is 4.42. The van der Waals surface area contributed by atoms with Crippen molar-refractivity contribution in [2.45, 2.75) is 13.1 Å². The van der Waals surface area contributed by atoms with Crippen LogP contribution < -0.4 is 4.57 Å². The normalized spacial score (nSPS) is 10.5. The Hall–Kier alpha value is -2.33.